The second-order valence-corrected chi connectivity index (χ2v) is 6.30. The fourth-order valence-electron chi connectivity index (χ4n) is 3.08. The maximum atomic E-state index is 11.8. The average Bonchev–Trinajstić information content (AvgIpc) is 2.67. The zero-order valence-electron chi connectivity index (χ0n) is 14.9. The van der Waals surface area contributed by atoms with Crippen LogP contribution in [-0.4, -0.2) is 19.7 Å². The van der Waals surface area contributed by atoms with E-state index >= 15 is 0 Å². The Balaban J connectivity index is 1.85. The van der Waals surface area contributed by atoms with Crippen LogP contribution in [0.25, 0.3) is 11.6 Å². The van der Waals surface area contributed by atoms with Gasteiger partial charge in [0, 0.05) is 0 Å². The number of carbonyl (C=O) groups excluding carboxylic acids is 1. The molecule has 0 radical (unpaired) electrons. The summed E-state index contributed by atoms with van der Waals surface area (Å²) in [5, 5.41) is 0. The van der Waals surface area contributed by atoms with Crippen molar-refractivity contribution in [3.63, 3.8) is 0 Å². The maximum absolute atomic E-state index is 11.8. The average molecular weight is 336 g/mol. The molecule has 2 aromatic rings. The quantitative estimate of drug-likeness (QED) is 0.541. The van der Waals surface area contributed by atoms with Gasteiger partial charge in [0.15, 0.2) is 0 Å². The van der Waals surface area contributed by atoms with Crippen molar-refractivity contribution < 1.29 is 14.3 Å². The summed E-state index contributed by atoms with van der Waals surface area (Å²) in [6.07, 6.45) is 6.34. The zero-order chi connectivity index (χ0) is 17.6. The van der Waals surface area contributed by atoms with Crippen LogP contribution >= 0.6 is 0 Å². The van der Waals surface area contributed by atoms with Gasteiger partial charge in [-0.15, -0.1) is 0 Å². The third-order valence-corrected chi connectivity index (χ3v) is 4.53. The number of allylic oxidation sites excluding steroid dienone is 1. The number of hydrogen-bond donors (Lipinski definition) is 0. The van der Waals surface area contributed by atoms with Gasteiger partial charge in [0.25, 0.3) is 0 Å². The maximum Gasteiger partial charge on any atom is 0.337 e. The van der Waals surface area contributed by atoms with E-state index in [0.717, 1.165) is 43.6 Å². The molecule has 3 heteroatoms. The van der Waals surface area contributed by atoms with Gasteiger partial charge in [-0.25, -0.2) is 4.79 Å². The molecular formula is C22H24O3. The topological polar surface area (TPSA) is 35.5 Å². The van der Waals surface area contributed by atoms with Crippen LogP contribution in [-0.2, 0) is 11.2 Å². The van der Waals surface area contributed by atoms with E-state index in [0.29, 0.717) is 5.56 Å². The number of benzene rings is 2. The summed E-state index contributed by atoms with van der Waals surface area (Å²) < 4.78 is 10.6. The van der Waals surface area contributed by atoms with E-state index in [1.165, 1.54) is 23.8 Å². The van der Waals surface area contributed by atoms with E-state index in [1.807, 2.05) is 30.3 Å². The summed E-state index contributed by atoms with van der Waals surface area (Å²) in [7, 11) is 1.41. The van der Waals surface area contributed by atoms with E-state index < -0.39 is 0 Å². The number of hydrogen-bond acceptors (Lipinski definition) is 3. The molecule has 0 aromatic heterocycles. The molecule has 0 atom stereocenters. The van der Waals surface area contributed by atoms with Crippen LogP contribution in [0.2, 0.25) is 0 Å². The van der Waals surface area contributed by atoms with Gasteiger partial charge in [-0.2, -0.15) is 0 Å². The molecule has 2 aromatic carbocycles. The number of esters is 1. The first-order valence-corrected chi connectivity index (χ1v) is 8.86. The van der Waals surface area contributed by atoms with Crippen LogP contribution in [0.5, 0.6) is 5.75 Å². The molecule has 25 heavy (non-hydrogen) atoms. The molecule has 0 saturated heterocycles. The van der Waals surface area contributed by atoms with Crippen molar-refractivity contribution in [3.8, 4) is 5.75 Å². The van der Waals surface area contributed by atoms with E-state index in [2.05, 4.69) is 25.1 Å². The van der Waals surface area contributed by atoms with Gasteiger partial charge >= 0.3 is 5.97 Å². The van der Waals surface area contributed by atoms with Crippen molar-refractivity contribution in [1.82, 2.24) is 0 Å². The zero-order valence-corrected chi connectivity index (χ0v) is 14.9. The van der Waals surface area contributed by atoms with E-state index in [1.54, 1.807) is 0 Å². The monoisotopic (exact) mass is 336 g/mol. The number of fused-ring (bicyclic) bond motifs is 1. The first kappa shape index (κ1) is 17.3. The van der Waals surface area contributed by atoms with Crippen molar-refractivity contribution in [2.45, 2.75) is 32.6 Å². The SMILES string of the molecule is CCCCOc1cccc(C2=Cc3cc(C(=O)OC)ccc3CC2)c1. The molecule has 0 saturated carbocycles. The molecule has 0 bridgehead atoms. The van der Waals surface area contributed by atoms with Crippen molar-refractivity contribution in [2.24, 2.45) is 0 Å². The van der Waals surface area contributed by atoms with Gasteiger partial charge < -0.3 is 9.47 Å². The summed E-state index contributed by atoms with van der Waals surface area (Å²) in [5.74, 6) is 0.621. The summed E-state index contributed by atoms with van der Waals surface area (Å²) in [6, 6.07) is 14.1. The number of carbonyl (C=O) groups is 1. The Morgan fingerprint density at radius 2 is 2.00 bits per heavy atom. The minimum atomic E-state index is -0.297. The van der Waals surface area contributed by atoms with Gasteiger partial charge in [-0.1, -0.05) is 37.6 Å². The lowest BCUT2D eigenvalue weighted by Crippen LogP contribution is -2.05. The van der Waals surface area contributed by atoms with Crippen LogP contribution in [0.3, 0.4) is 0 Å². The fourth-order valence-corrected chi connectivity index (χ4v) is 3.08. The van der Waals surface area contributed by atoms with Crippen molar-refractivity contribution in [1.29, 1.82) is 0 Å². The highest BCUT2D eigenvalue weighted by atomic mass is 16.5. The molecule has 0 heterocycles. The van der Waals surface area contributed by atoms with Crippen LogP contribution in [0.4, 0.5) is 0 Å². The van der Waals surface area contributed by atoms with Crippen molar-refractivity contribution in [3.05, 3.63) is 64.7 Å². The van der Waals surface area contributed by atoms with Crippen LogP contribution in [0, 0.1) is 0 Å². The summed E-state index contributed by atoms with van der Waals surface area (Å²) in [4.78, 5) is 11.8. The predicted octanol–water partition coefficient (Wildman–Crippen LogP) is 5.14. The molecule has 0 fully saturated rings. The number of methoxy groups -OCH3 is 1. The number of rotatable bonds is 6. The van der Waals surface area contributed by atoms with Crippen LogP contribution < -0.4 is 4.74 Å². The van der Waals surface area contributed by atoms with E-state index in [9.17, 15) is 4.79 Å². The van der Waals surface area contributed by atoms with Gasteiger partial charge in [0.05, 0.1) is 19.3 Å². The molecule has 1 aliphatic rings. The van der Waals surface area contributed by atoms with Gasteiger partial charge in [0.1, 0.15) is 5.75 Å². The third-order valence-electron chi connectivity index (χ3n) is 4.53. The highest BCUT2D eigenvalue weighted by Gasteiger charge is 2.15. The second kappa shape index (κ2) is 8.02. The lowest BCUT2D eigenvalue weighted by atomic mass is 9.88. The molecule has 3 nitrogen and oxygen atoms in total. The molecule has 0 amide bonds. The Morgan fingerprint density at radius 1 is 1.12 bits per heavy atom. The summed E-state index contributed by atoms with van der Waals surface area (Å²) >= 11 is 0. The largest absolute Gasteiger partial charge is 0.494 e. The summed E-state index contributed by atoms with van der Waals surface area (Å²) in [6.45, 7) is 2.91. The third kappa shape index (κ3) is 4.11. The second-order valence-electron chi connectivity index (χ2n) is 6.30. The van der Waals surface area contributed by atoms with Crippen LogP contribution in [0.15, 0.2) is 42.5 Å². The van der Waals surface area contributed by atoms with Crippen molar-refractivity contribution >= 4 is 17.6 Å². The summed E-state index contributed by atoms with van der Waals surface area (Å²) in [5.41, 5.74) is 5.42. The first-order valence-electron chi connectivity index (χ1n) is 8.86. The normalized spacial score (nSPS) is 13.0. The Kier molecular flexibility index (Phi) is 5.54. The van der Waals surface area contributed by atoms with E-state index in [4.69, 9.17) is 9.47 Å². The molecule has 130 valence electrons. The van der Waals surface area contributed by atoms with Gasteiger partial charge in [-0.05, 0) is 65.8 Å². The fraction of sp³-hybridized carbons (Fsp3) is 0.318. The smallest absolute Gasteiger partial charge is 0.337 e. The van der Waals surface area contributed by atoms with Crippen molar-refractivity contribution in [2.75, 3.05) is 13.7 Å². The predicted molar refractivity (Wildman–Crippen MR) is 101 cm³/mol. The molecule has 0 spiro atoms. The van der Waals surface area contributed by atoms with Gasteiger partial charge in [0.2, 0.25) is 0 Å². The number of ether oxygens (including phenoxy) is 2. The molecule has 0 unspecified atom stereocenters. The highest BCUT2D eigenvalue weighted by Crippen LogP contribution is 2.32. The Morgan fingerprint density at radius 3 is 2.80 bits per heavy atom. The molecule has 0 aliphatic heterocycles. The Bertz CT molecular complexity index is 790. The Hall–Kier alpha value is -2.55. The minimum absolute atomic E-state index is 0.297. The van der Waals surface area contributed by atoms with E-state index in [-0.39, 0.29) is 5.97 Å². The lowest BCUT2D eigenvalue weighted by Gasteiger charge is -2.18. The molecular weight excluding hydrogens is 312 g/mol. The minimum Gasteiger partial charge on any atom is -0.494 e. The Labute approximate surface area is 149 Å². The number of unbranched alkanes of at least 4 members (excludes halogenated alkanes) is 1. The highest BCUT2D eigenvalue weighted by molar-refractivity contribution is 5.92. The lowest BCUT2D eigenvalue weighted by molar-refractivity contribution is 0.0600. The molecule has 3 rings (SSSR count). The first-order chi connectivity index (χ1) is 12.2. The molecule has 0 N–H and O–H groups in total. The number of aryl methyl sites for hydroxylation is 1. The van der Waals surface area contributed by atoms with Crippen LogP contribution in [0.1, 0.15) is 53.2 Å². The standard InChI is InChI=1S/C22H24O3/c1-3-4-12-25-21-7-5-6-17(15-21)18-10-8-16-9-11-19(22(23)24-2)14-20(16)13-18/h5-7,9,11,13-15H,3-4,8,10,12H2,1-2H3. The molecule has 1 aliphatic carbocycles. The van der Waals surface area contributed by atoms with Gasteiger partial charge in [-0.3, -0.25) is 0 Å².